The number of hydrogen-bond donors (Lipinski definition) is 0. The van der Waals surface area contributed by atoms with E-state index in [1.54, 1.807) is 25.1 Å². The van der Waals surface area contributed by atoms with Crippen LogP contribution in [0.25, 0.3) is 0 Å². The van der Waals surface area contributed by atoms with Crippen molar-refractivity contribution in [2.24, 2.45) is 0 Å². The zero-order valence-corrected chi connectivity index (χ0v) is 9.35. The van der Waals surface area contributed by atoms with Crippen LogP contribution in [0, 0.1) is 12.7 Å². The average molecular weight is 208 g/mol. The Morgan fingerprint density at radius 2 is 2.07 bits per heavy atom. The molecule has 1 nitrogen and oxygen atoms in total. The van der Waals surface area contributed by atoms with E-state index in [1.165, 1.54) is 0 Å². The average Bonchev–Trinajstić information content (AvgIpc) is 2.22. The van der Waals surface area contributed by atoms with Gasteiger partial charge in [-0.3, -0.25) is 4.79 Å². The molecule has 0 spiro atoms. The number of Topliss-reactive ketones (excluding diaryl/α,β-unsaturated/α-hetero) is 1. The van der Waals surface area contributed by atoms with Crippen molar-refractivity contribution in [2.45, 2.75) is 39.5 Å². The molecule has 0 amide bonds. The number of aryl methyl sites for hydroxylation is 1. The summed E-state index contributed by atoms with van der Waals surface area (Å²) in [6, 6.07) is 4.97. The van der Waals surface area contributed by atoms with E-state index < -0.39 is 0 Å². The van der Waals surface area contributed by atoms with E-state index in [2.05, 4.69) is 6.92 Å². The van der Waals surface area contributed by atoms with Gasteiger partial charge in [0.1, 0.15) is 5.82 Å². The normalized spacial score (nSPS) is 10.3. The molecule has 0 atom stereocenters. The molecule has 2 heteroatoms. The van der Waals surface area contributed by atoms with Gasteiger partial charge in [0, 0.05) is 6.42 Å². The second-order valence-electron chi connectivity index (χ2n) is 3.82. The molecular formula is C13H17FO. The lowest BCUT2D eigenvalue weighted by Crippen LogP contribution is -2.03. The third-order valence-corrected chi connectivity index (χ3v) is 2.50. The van der Waals surface area contributed by atoms with Crippen LogP contribution < -0.4 is 0 Å². The highest BCUT2D eigenvalue weighted by Gasteiger charge is 2.12. The van der Waals surface area contributed by atoms with Crippen LogP contribution in [0.4, 0.5) is 4.39 Å². The quantitative estimate of drug-likeness (QED) is 0.530. The third-order valence-electron chi connectivity index (χ3n) is 2.50. The van der Waals surface area contributed by atoms with Gasteiger partial charge in [0.05, 0.1) is 5.56 Å². The molecular weight excluding hydrogens is 191 g/mol. The number of halogens is 1. The Kier molecular flexibility index (Phi) is 4.47. The third kappa shape index (κ3) is 3.15. The molecule has 0 heterocycles. The summed E-state index contributed by atoms with van der Waals surface area (Å²) in [5.74, 6) is -0.441. The Morgan fingerprint density at radius 1 is 1.33 bits per heavy atom. The van der Waals surface area contributed by atoms with E-state index in [9.17, 15) is 9.18 Å². The lowest BCUT2D eigenvalue weighted by molar-refractivity contribution is 0.0975. The molecule has 0 aliphatic heterocycles. The topological polar surface area (TPSA) is 17.1 Å². The lowest BCUT2D eigenvalue weighted by Gasteiger charge is -2.04. The fourth-order valence-corrected chi connectivity index (χ4v) is 1.53. The van der Waals surface area contributed by atoms with Crippen molar-refractivity contribution in [3.05, 3.63) is 35.1 Å². The monoisotopic (exact) mass is 208 g/mol. The number of carbonyl (C=O) groups excluding carboxylic acids is 1. The van der Waals surface area contributed by atoms with Crippen molar-refractivity contribution < 1.29 is 9.18 Å². The molecule has 82 valence electrons. The van der Waals surface area contributed by atoms with Gasteiger partial charge in [0.2, 0.25) is 0 Å². The first-order valence-corrected chi connectivity index (χ1v) is 5.45. The zero-order valence-electron chi connectivity index (χ0n) is 9.35. The summed E-state index contributed by atoms with van der Waals surface area (Å²) in [7, 11) is 0. The standard InChI is InChI=1S/C13H17FO/c1-3-4-5-9-12(15)11-8-6-7-10(2)13(11)14/h6-8H,3-5,9H2,1-2H3. The van der Waals surface area contributed by atoms with Crippen molar-refractivity contribution in [1.82, 2.24) is 0 Å². The van der Waals surface area contributed by atoms with Crippen LogP contribution in [0.5, 0.6) is 0 Å². The lowest BCUT2D eigenvalue weighted by atomic mass is 10.0. The Balaban J connectivity index is 2.69. The SMILES string of the molecule is CCCCCC(=O)c1cccc(C)c1F. The first-order chi connectivity index (χ1) is 7.16. The second-order valence-corrected chi connectivity index (χ2v) is 3.82. The molecule has 1 aromatic carbocycles. The fraction of sp³-hybridized carbons (Fsp3) is 0.462. The molecule has 1 rings (SSSR count). The Hall–Kier alpha value is -1.18. The van der Waals surface area contributed by atoms with Gasteiger partial charge in [0.25, 0.3) is 0 Å². The highest BCUT2D eigenvalue weighted by molar-refractivity contribution is 5.96. The smallest absolute Gasteiger partial charge is 0.165 e. The van der Waals surface area contributed by atoms with Gasteiger partial charge in [-0.25, -0.2) is 4.39 Å². The fourth-order valence-electron chi connectivity index (χ4n) is 1.53. The van der Waals surface area contributed by atoms with E-state index in [0.717, 1.165) is 19.3 Å². The van der Waals surface area contributed by atoms with Gasteiger partial charge in [-0.2, -0.15) is 0 Å². The summed E-state index contributed by atoms with van der Waals surface area (Å²) < 4.78 is 13.5. The number of benzene rings is 1. The first-order valence-electron chi connectivity index (χ1n) is 5.45. The Labute approximate surface area is 90.3 Å². The maximum Gasteiger partial charge on any atom is 0.165 e. The summed E-state index contributed by atoms with van der Waals surface area (Å²) in [6.45, 7) is 3.76. The maximum absolute atomic E-state index is 13.5. The van der Waals surface area contributed by atoms with Crippen LogP contribution in [0.3, 0.4) is 0 Å². The first kappa shape index (κ1) is 11.9. The van der Waals surface area contributed by atoms with Gasteiger partial charge in [-0.1, -0.05) is 31.9 Å². The van der Waals surface area contributed by atoms with Crippen molar-refractivity contribution in [2.75, 3.05) is 0 Å². The molecule has 0 aliphatic carbocycles. The van der Waals surface area contributed by atoms with Crippen LogP contribution in [-0.2, 0) is 0 Å². The largest absolute Gasteiger partial charge is 0.294 e. The molecule has 0 aliphatic rings. The molecule has 0 saturated heterocycles. The van der Waals surface area contributed by atoms with Gasteiger partial charge in [0.15, 0.2) is 5.78 Å². The number of hydrogen-bond acceptors (Lipinski definition) is 1. The summed E-state index contributed by atoms with van der Waals surface area (Å²) in [6.07, 6.45) is 3.40. The molecule has 0 N–H and O–H groups in total. The van der Waals surface area contributed by atoms with E-state index >= 15 is 0 Å². The maximum atomic E-state index is 13.5. The predicted molar refractivity (Wildman–Crippen MR) is 59.6 cm³/mol. The van der Waals surface area contributed by atoms with Crippen LogP contribution in [0.2, 0.25) is 0 Å². The summed E-state index contributed by atoms with van der Waals surface area (Å²) >= 11 is 0. The molecule has 0 saturated carbocycles. The number of rotatable bonds is 5. The minimum Gasteiger partial charge on any atom is -0.294 e. The minimum atomic E-state index is -0.362. The highest BCUT2D eigenvalue weighted by atomic mass is 19.1. The van der Waals surface area contributed by atoms with Gasteiger partial charge in [-0.15, -0.1) is 0 Å². The Bertz CT molecular complexity index is 344. The van der Waals surface area contributed by atoms with E-state index in [-0.39, 0.29) is 17.2 Å². The van der Waals surface area contributed by atoms with E-state index in [4.69, 9.17) is 0 Å². The predicted octanol–water partition coefficient (Wildman–Crippen LogP) is 3.90. The zero-order chi connectivity index (χ0) is 11.3. The molecule has 1 aromatic rings. The van der Waals surface area contributed by atoms with E-state index in [0.29, 0.717) is 12.0 Å². The minimum absolute atomic E-state index is 0.0790. The van der Waals surface area contributed by atoms with Gasteiger partial charge < -0.3 is 0 Å². The summed E-state index contributed by atoms with van der Waals surface area (Å²) in [5.41, 5.74) is 0.780. The van der Waals surface area contributed by atoms with E-state index in [1.807, 2.05) is 0 Å². The van der Waals surface area contributed by atoms with Crippen molar-refractivity contribution in [3.63, 3.8) is 0 Å². The molecule has 0 radical (unpaired) electrons. The van der Waals surface area contributed by atoms with Crippen LogP contribution >= 0.6 is 0 Å². The molecule has 0 aromatic heterocycles. The van der Waals surface area contributed by atoms with Crippen molar-refractivity contribution >= 4 is 5.78 Å². The van der Waals surface area contributed by atoms with Gasteiger partial charge >= 0.3 is 0 Å². The molecule has 0 unspecified atom stereocenters. The molecule has 0 fully saturated rings. The second kappa shape index (κ2) is 5.64. The number of unbranched alkanes of at least 4 members (excludes halogenated alkanes) is 2. The summed E-state index contributed by atoms with van der Waals surface area (Å²) in [4.78, 5) is 11.7. The van der Waals surface area contributed by atoms with Crippen LogP contribution in [0.1, 0.15) is 48.5 Å². The van der Waals surface area contributed by atoms with Crippen LogP contribution in [-0.4, -0.2) is 5.78 Å². The van der Waals surface area contributed by atoms with Crippen molar-refractivity contribution in [3.8, 4) is 0 Å². The van der Waals surface area contributed by atoms with Crippen molar-refractivity contribution in [1.29, 1.82) is 0 Å². The van der Waals surface area contributed by atoms with Crippen LogP contribution in [0.15, 0.2) is 18.2 Å². The number of ketones is 1. The van der Waals surface area contributed by atoms with Gasteiger partial charge in [-0.05, 0) is 25.0 Å². The summed E-state index contributed by atoms with van der Waals surface area (Å²) in [5, 5.41) is 0. The molecule has 0 bridgehead atoms. The molecule has 15 heavy (non-hydrogen) atoms. The highest BCUT2D eigenvalue weighted by Crippen LogP contribution is 2.15. The number of carbonyl (C=O) groups is 1. The Morgan fingerprint density at radius 3 is 2.73 bits per heavy atom.